The first-order valence-corrected chi connectivity index (χ1v) is 5.65. The van der Waals surface area contributed by atoms with E-state index in [1.807, 2.05) is 6.07 Å². The van der Waals surface area contributed by atoms with Crippen LogP contribution in [0.2, 0.25) is 10.0 Å². The molecule has 0 spiro atoms. The summed E-state index contributed by atoms with van der Waals surface area (Å²) in [5.41, 5.74) is 20.3. The molecule has 0 amide bonds. The van der Waals surface area contributed by atoms with Crippen molar-refractivity contribution >= 4 is 40.3 Å². The number of nitrogen functional groups attached to an aromatic ring is 3. The molecule has 17 heavy (non-hydrogen) atoms. The lowest BCUT2D eigenvalue weighted by Crippen LogP contribution is -1.96. The van der Waals surface area contributed by atoms with Crippen LogP contribution in [0.1, 0.15) is 0 Å². The topological polar surface area (TPSA) is 78.1 Å². The van der Waals surface area contributed by atoms with Crippen molar-refractivity contribution in [3.63, 3.8) is 0 Å². The second kappa shape index (κ2) is 4.35. The second-order valence-electron chi connectivity index (χ2n) is 3.67. The van der Waals surface area contributed by atoms with Crippen LogP contribution in [0, 0.1) is 0 Å². The SMILES string of the molecule is Nc1ccc(-c2ccc(N)c(Cl)c2N)cc1Cl. The maximum atomic E-state index is 6.00. The zero-order valence-corrected chi connectivity index (χ0v) is 10.4. The van der Waals surface area contributed by atoms with Crippen LogP contribution in [0.3, 0.4) is 0 Å². The van der Waals surface area contributed by atoms with Crippen LogP contribution in [0.5, 0.6) is 0 Å². The Bertz CT molecular complexity index is 582. The highest BCUT2D eigenvalue weighted by Gasteiger charge is 2.09. The van der Waals surface area contributed by atoms with Gasteiger partial charge in [0.2, 0.25) is 0 Å². The maximum absolute atomic E-state index is 6.00. The first-order valence-electron chi connectivity index (χ1n) is 4.89. The van der Waals surface area contributed by atoms with Gasteiger partial charge < -0.3 is 17.2 Å². The monoisotopic (exact) mass is 267 g/mol. The molecule has 0 radical (unpaired) electrons. The Morgan fingerprint density at radius 3 is 2.12 bits per heavy atom. The summed E-state index contributed by atoms with van der Waals surface area (Å²) in [5.74, 6) is 0. The Hall–Kier alpha value is -1.58. The molecule has 3 nitrogen and oxygen atoms in total. The quantitative estimate of drug-likeness (QED) is 0.693. The van der Waals surface area contributed by atoms with E-state index < -0.39 is 0 Å². The van der Waals surface area contributed by atoms with Gasteiger partial charge in [0.25, 0.3) is 0 Å². The Balaban J connectivity index is 2.61. The van der Waals surface area contributed by atoms with Crippen LogP contribution < -0.4 is 17.2 Å². The fourth-order valence-electron chi connectivity index (χ4n) is 1.56. The first-order chi connectivity index (χ1) is 8.00. The van der Waals surface area contributed by atoms with Gasteiger partial charge in [-0.1, -0.05) is 35.3 Å². The Morgan fingerprint density at radius 2 is 1.47 bits per heavy atom. The fourth-order valence-corrected chi connectivity index (χ4v) is 1.90. The summed E-state index contributed by atoms with van der Waals surface area (Å²) in [4.78, 5) is 0. The van der Waals surface area contributed by atoms with Crippen molar-refractivity contribution in [1.29, 1.82) is 0 Å². The van der Waals surface area contributed by atoms with Crippen molar-refractivity contribution in [1.82, 2.24) is 0 Å². The van der Waals surface area contributed by atoms with E-state index in [9.17, 15) is 0 Å². The molecular formula is C12H11Cl2N3. The molecule has 2 aromatic rings. The third-order valence-corrected chi connectivity index (χ3v) is 3.27. The first kappa shape index (κ1) is 11.9. The van der Waals surface area contributed by atoms with E-state index >= 15 is 0 Å². The number of anilines is 3. The molecule has 0 aromatic heterocycles. The van der Waals surface area contributed by atoms with Crippen LogP contribution in [-0.4, -0.2) is 0 Å². The van der Waals surface area contributed by atoms with E-state index in [1.165, 1.54) is 0 Å². The van der Waals surface area contributed by atoms with Gasteiger partial charge in [-0.3, -0.25) is 0 Å². The van der Waals surface area contributed by atoms with Gasteiger partial charge in [0.15, 0.2) is 0 Å². The van der Waals surface area contributed by atoms with Crippen LogP contribution >= 0.6 is 23.2 Å². The average molecular weight is 268 g/mol. The van der Waals surface area contributed by atoms with Crippen molar-refractivity contribution < 1.29 is 0 Å². The molecule has 88 valence electrons. The van der Waals surface area contributed by atoms with Crippen LogP contribution in [-0.2, 0) is 0 Å². The molecule has 6 N–H and O–H groups in total. The summed E-state index contributed by atoms with van der Waals surface area (Å²) in [6.07, 6.45) is 0. The number of rotatable bonds is 1. The van der Waals surface area contributed by atoms with Crippen molar-refractivity contribution in [3.05, 3.63) is 40.4 Å². The summed E-state index contributed by atoms with van der Waals surface area (Å²) in [6, 6.07) is 8.81. The summed E-state index contributed by atoms with van der Waals surface area (Å²) >= 11 is 12.0. The van der Waals surface area contributed by atoms with Gasteiger partial charge in [-0.25, -0.2) is 0 Å². The number of nitrogens with two attached hydrogens (primary N) is 3. The molecule has 0 heterocycles. The minimum Gasteiger partial charge on any atom is -0.398 e. The number of halogens is 2. The highest BCUT2D eigenvalue weighted by molar-refractivity contribution is 6.36. The highest BCUT2D eigenvalue weighted by atomic mass is 35.5. The molecule has 0 bridgehead atoms. The smallest absolute Gasteiger partial charge is 0.0870 e. The van der Waals surface area contributed by atoms with Crippen molar-refractivity contribution in [2.75, 3.05) is 17.2 Å². The lowest BCUT2D eigenvalue weighted by Gasteiger charge is -2.10. The summed E-state index contributed by atoms with van der Waals surface area (Å²) in [7, 11) is 0. The zero-order valence-electron chi connectivity index (χ0n) is 8.87. The Morgan fingerprint density at radius 1 is 0.824 bits per heavy atom. The van der Waals surface area contributed by atoms with E-state index in [-0.39, 0.29) is 0 Å². The predicted octanol–water partition coefficient (Wildman–Crippen LogP) is 3.41. The van der Waals surface area contributed by atoms with Gasteiger partial charge in [0, 0.05) is 5.56 Å². The molecule has 0 aliphatic carbocycles. The Kier molecular flexibility index (Phi) is 3.05. The molecule has 0 aliphatic heterocycles. The second-order valence-corrected chi connectivity index (χ2v) is 4.45. The summed E-state index contributed by atoms with van der Waals surface area (Å²) in [5, 5.41) is 0.838. The standard InChI is InChI=1S/C12H11Cl2N3/c13-8-5-6(1-3-9(8)15)7-2-4-10(16)11(14)12(7)17/h1-5H,15-17H2. The maximum Gasteiger partial charge on any atom is 0.0870 e. The van der Waals surface area contributed by atoms with Gasteiger partial charge in [-0.15, -0.1) is 0 Å². The molecule has 2 rings (SSSR count). The van der Waals surface area contributed by atoms with Gasteiger partial charge >= 0.3 is 0 Å². The third kappa shape index (κ3) is 2.12. The molecule has 0 atom stereocenters. The van der Waals surface area contributed by atoms with Gasteiger partial charge in [0.1, 0.15) is 0 Å². The van der Waals surface area contributed by atoms with E-state index in [0.717, 1.165) is 11.1 Å². The van der Waals surface area contributed by atoms with Gasteiger partial charge in [-0.2, -0.15) is 0 Å². The largest absolute Gasteiger partial charge is 0.398 e. The number of hydrogen-bond acceptors (Lipinski definition) is 3. The minimum atomic E-state index is 0.357. The zero-order chi connectivity index (χ0) is 12.6. The van der Waals surface area contributed by atoms with Crippen molar-refractivity contribution in [2.45, 2.75) is 0 Å². The average Bonchev–Trinajstić information content (AvgIpc) is 2.30. The normalized spacial score (nSPS) is 10.5. The molecule has 0 fully saturated rings. The minimum absolute atomic E-state index is 0.357. The third-order valence-electron chi connectivity index (χ3n) is 2.52. The summed E-state index contributed by atoms with van der Waals surface area (Å²) in [6.45, 7) is 0. The van der Waals surface area contributed by atoms with E-state index in [1.54, 1.807) is 24.3 Å². The lowest BCUT2D eigenvalue weighted by molar-refractivity contribution is 1.60. The predicted molar refractivity (Wildman–Crippen MR) is 75.1 cm³/mol. The van der Waals surface area contributed by atoms with Crippen LogP contribution in [0.4, 0.5) is 17.1 Å². The van der Waals surface area contributed by atoms with Crippen molar-refractivity contribution in [3.8, 4) is 11.1 Å². The van der Waals surface area contributed by atoms with Crippen LogP contribution in [0.25, 0.3) is 11.1 Å². The summed E-state index contributed by atoms with van der Waals surface area (Å²) < 4.78 is 0. The van der Waals surface area contributed by atoms with Gasteiger partial charge in [0.05, 0.1) is 27.1 Å². The van der Waals surface area contributed by atoms with E-state index in [4.69, 9.17) is 40.4 Å². The molecule has 5 heteroatoms. The van der Waals surface area contributed by atoms with Gasteiger partial charge in [-0.05, 0) is 23.8 Å². The van der Waals surface area contributed by atoms with Crippen LogP contribution in [0.15, 0.2) is 30.3 Å². The number of benzene rings is 2. The number of hydrogen-bond donors (Lipinski definition) is 3. The molecular weight excluding hydrogens is 257 g/mol. The molecule has 2 aromatic carbocycles. The fraction of sp³-hybridized carbons (Fsp3) is 0. The van der Waals surface area contributed by atoms with Crippen molar-refractivity contribution in [2.24, 2.45) is 0 Å². The lowest BCUT2D eigenvalue weighted by atomic mass is 10.0. The van der Waals surface area contributed by atoms with E-state index in [2.05, 4.69) is 0 Å². The molecule has 0 saturated heterocycles. The van der Waals surface area contributed by atoms with E-state index in [0.29, 0.717) is 27.1 Å². The molecule has 0 saturated carbocycles. The Labute approximate surface area is 109 Å². The highest BCUT2D eigenvalue weighted by Crippen LogP contribution is 2.36. The molecule has 0 unspecified atom stereocenters. The molecule has 0 aliphatic rings.